The second-order valence-electron chi connectivity index (χ2n) is 7.70. The van der Waals surface area contributed by atoms with Gasteiger partial charge < -0.3 is 10.4 Å². The minimum atomic E-state index is 0.235. The molecule has 2 bridgehead atoms. The van der Waals surface area contributed by atoms with Gasteiger partial charge in [-0.3, -0.25) is 0 Å². The van der Waals surface area contributed by atoms with Crippen molar-refractivity contribution in [1.82, 2.24) is 5.32 Å². The van der Waals surface area contributed by atoms with Crippen molar-refractivity contribution in [2.75, 3.05) is 6.54 Å². The zero-order valence-corrected chi connectivity index (χ0v) is 13.3. The first-order valence-electron chi connectivity index (χ1n) is 8.66. The smallest absolute Gasteiger partial charge is 0.115 e. The molecule has 0 aromatic heterocycles. The summed E-state index contributed by atoms with van der Waals surface area (Å²) in [6.45, 7) is 5.80. The molecule has 1 aromatic rings. The molecule has 2 saturated carbocycles. The number of aryl methyl sites for hydroxylation is 1. The Labute approximate surface area is 128 Å². The van der Waals surface area contributed by atoms with Crippen molar-refractivity contribution < 1.29 is 5.11 Å². The molecule has 2 nitrogen and oxygen atoms in total. The van der Waals surface area contributed by atoms with Crippen LogP contribution in [0.4, 0.5) is 0 Å². The van der Waals surface area contributed by atoms with Gasteiger partial charge in [-0.2, -0.15) is 0 Å². The lowest BCUT2D eigenvalue weighted by Gasteiger charge is -2.58. The fourth-order valence-corrected chi connectivity index (χ4v) is 6.06. The van der Waals surface area contributed by atoms with Gasteiger partial charge in [0.25, 0.3) is 0 Å². The third-order valence-electron chi connectivity index (χ3n) is 7.09. The fourth-order valence-electron chi connectivity index (χ4n) is 6.06. The Morgan fingerprint density at radius 3 is 2.86 bits per heavy atom. The first-order valence-corrected chi connectivity index (χ1v) is 8.66. The highest BCUT2D eigenvalue weighted by atomic mass is 16.3. The highest BCUT2D eigenvalue weighted by Gasteiger charge is 2.62. The SMILES string of the molecule is CCNC1[C@H]2CC[C@@]13CCc1ccc(O)cc1[C@]3(C)CC2. The van der Waals surface area contributed by atoms with Crippen molar-refractivity contribution in [3.8, 4) is 5.75 Å². The number of phenolic OH excluding ortho intramolecular Hbond substituents is 1. The van der Waals surface area contributed by atoms with Crippen LogP contribution >= 0.6 is 0 Å². The summed E-state index contributed by atoms with van der Waals surface area (Å²) >= 11 is 0. The molecule has 4 rings (SSSR count). The van der Waals surface area contributed by atoms with E-state index in [4.69, 9.17) is 0 Å². The highest BCUT2D eigenvalue weighted by molar-refractivity contribution is 5.45. The fraction of sp³-hybridized carbons (Fsp3) is 0.684. The van der Waals surface area contributed by atoms with E-state index in [1.54, 1.807) is 0 Å². The summed E-state index contributed by atoms with van der Waals surface area (Å²) < 4.78 is 0. The molecule has 2 heteroatoms. The lowest BCUT2D eigenvalue weighted by atomic mass is 9.48. The zero-order chi connectivity index (χ0) is 14.7. The normalized spacial score (nSPS) is 40.7. The Morgan fingerprint density at radius 2 is 2.05 bits per heavy atom. The van der Waals surface area contributed by atoms with Crippen molar-refractivity contribution in [3.05, 3.63) is 29.3 Å². The Hall–Kier alpha value is -1.02. The summed E-state index contributed by atoms with van der Waals surface area (Å²) in [6.07, 6.45) is 7.87. The predicted octanol–water partition coefficient (Wildman–Crippen LogP) is 3.76. The summed E-state index contributed by atoms with van der Waals surface area (Å²) in [5, 5.41) is 13.9. The second kappa shape index (κ2) is 4.49. The maximum atomic E-state index is 10.0. The molecular formula is C19H27NO. The number of rotatable bonds is 2. The van der Waals surface area contributed by atoms with Gasteiger partial charge >= 0.3 is 0 Å². The van der Waals surface area contributed by atoms with Crippen LogP contribution < -0.4 is 5.32 Å². The number of hydrogen-bond acceptors (Lipinski definition) is 2. The van der Waals surface area contributed by atoms with E-state index in [2.05, 4.69) is 31.3 Å². The maximum absolute atomic E-state index is 10.0. The van der Waals surface area contributed by atoms with Gasteiger partial charge in [0, 0.05) is 11.5 Å². The monoisotopic (exact) mass is 285 g/mol. The third kappa shape index (κ3) is 1.63. The number of aromatic hydroxyl groups is 1. The first kappa shape index (κ1) is 13.6. The van der Waals surface area contributed by atoms with Crippen LogP contribution in [0.5, 0.6) is 5.75 Å². The highest BCUT2D eigenvalue weighted by Crippen LogP contribution is 2.65. The number of hydrogen-bond donors (Lipinski definition) is 2. The van der Waals surface area contributed by atoms with Gasteiger partial charge in [0.2, 0.25) is 0 Å². The standard InChI is InChI=1S/C19H27NO/c1-3-20-17-14-6-9-18(2)16-12-15(21)5-4-13(16)7-10-19(17,18)11-8-14/h4-5,12,14,17,20-21H,3,6-11H2,1-2H3/t14-,17?,18+,19+/m1/s1. The Morgan fingerprint density at radius 1 is 1.24 bits per heavy atom. The van der Waals surface area contributed by atoms with E-state index in [-0.39, 0.29) is 5.41 Å². The minimum Gasteiger partial charge on any atom is -0.508 e. The summed E-state index contributed by atoms with van der Waals surface area (Å²) in [7, 11) is 0. The van der Waals surface area contributed by atoms with Gasteiger partial charge in [0.05, 0.1) is 0 Å². The summed E-state index contributed by atoms with van der Waals surface area (Å²) in [4.78, 5) is 0. The van der Waals surface area contributed by atoms with E-state index in [0.29, 0.717) is 17.2 Å². The van der Waals surface area contributed by atoms with Crippen molar-refractivity contribution in [2.24, 2.45) is 11.3 Å². The predicted molar refractivity (Wildman–Crippen MR) is 85.6 cm³/mol. The van der Waals surface area contributed by atoms with E-state index >= 15 is 0 Å². The van der Waals surface area contributed by atoms with Crippen LogP contribution in [0.3, 0.4) is 0 Å². The van der Waals surface area contributed by atoms with Crippen molar-refractivity contribution in [3.63, 3.8) is 0 Å². The molecule has 0 aliphatic heterocycles. The maximum Gasteiger partial charge on any atom is 0.115 e. The van der Waals surface area contributed by atoms with Gasteiger partial charge in [-0.1, -0.05) is 19.9 Å². The molecule has 1 spiro atoms. The number of nitrogens with one attached hydrogen (secondary N) is 1. The zero-order valence-electron chi connectivity index (χ0n) is 13.3. The van der Waals surface area contributed by atoms with E-state index in [1.165, 1.54) is 49.7 Å². The van der Waals surface area contributed by atoms with Crippen molar-refractivity contribution >= 4 is 0 Å². The summed E-state index contributed by atoms with van der Waals surface area (Å²) in [6, 6.07) is 6.77. The first-order chi connectivity index (χ1) is 10.1. The molecule has 1 unspecified atom stereocenters. The summed E-state index contributed by atoms with van der Waals surface area (Å²) in [5.41, 5.74) is 3.56. The van der Waals surface area contributed by atoms with Gasteiger partial charge in [0.15, 0.2) is 0 Å². The quantitative estimate of drug-likeness (QED) is 0.867. The van der Waals surface area contributed by atoms with Crippen LogP contribution in [0, 0.1) is 11.3 Å². The molecule has 1 aromatic carbocycles. The van der Waals surface area contributed by atoms with Crippen molar-refractivity contribution in [1.29, 1.82) is 0 Å². The Kier molecular flexibility index (Phi) is 2.91. The molecule has 4 atom stereocenters. The summed E-state index contributed by atoms with van der Waals surface area (Å²) in [5.74, 6) is 1.31. The average Bonchev–Trinajstić information content (AvgIpc) is 2.73. The molecule has 21 heavy (non-hydrogen) atoms. The van der Waals surface area contributed by atoms with Crippen molar-refractivity contribution in [2.45, 2.75) is 63.8 Å². The topological polar surface area (TPSA) is 32.3 Å². The van der Waals surface area contributed by atoms with Crippen LogP contribution in [-0.4, -0.2) is 17.7 Å². The molecule has 2 N–H and O–H groups in total. The van der Waals surface area contributed by atoms with E-state index in [1.807, 2.05) is 6.07 Å². The molecule has 3 aliphatic carbocycles. The van der Waals surface area contributed by atoms with E-state index < -0.39 is 0 Å². The molecule has 0 saturated heterocycles. The third-order valence-corrected chi connectivity index (χ3v) is 7.09. The van der Waals surface area contributed by atoms with E-state index in [0.717, 1.165) is 12.5 Å². The number of phenols is 1. The van der Waals surface area contributed by atoms with Gasteiger partial charge in [-0.25, -0.2) is 0 Å². The van der Waals surface area contributed by atoms with Crippen LogP contribution in [0.25, 0.3) is 0 Å². The Balaban J connectivity index is 1.87. The molecule has 0 heterocycles. The lowest BCUT2D eigenvalue weighted by Crippen LogP contribution is -2.60. The average molecular weight is 285 g/mol. The van der Waals surface area contributed by atoms with E-state index in [9.17, 15) is 5.11 Å². The molecule has 0 amide bonds. The Bertz CT molecular complexity index is 569. The van der Waals surface area contributed by atoms with Crippen LogP contribution in [-0.2, 0) is 11.8 Å². The molecule has 0 radical (unpaired) electrons. The molecule has 114 valence electrons. The molecule has 2 fully saturated rings. The largest absolute Gasteiger partial charge is 0.508 e. The minimum absolute atomic E-state index is 0.235. The van der Waals surface area contributed by atoms with Gasteiger partial charge in [-0.05, 0) is 79.7 Å². The number of fused-ring (bicyclic) bond motifs is 3. The molecular weight excluding hydrogens is 258 g/mol. The van der Waals surface area contributed by atoms with Gasteiger partial charge in [0.1, 0.15) is 5.75 Å². The van der Waals surface area contributed by atoms with Crippen LogP contribution in [0.15, 0.2) is 18.2 Å². The second-order valence-corrected chi connectivity index (χ2v) is 7.70. The molecule has 3 aliphatic rings. The lowest BCUT2D eigenvalue weighted by molar-refractivity contribution is 0.0233. The van der Waals surface area contributed by atoms with Gasteiger partial charge in [-0.15, -0.1) is 0 Å². The number of benzene rings is 1. The van der Waals surface area contributed by atoms with Crippen LogP contribution in [0.1, 0.15) is 57.1 Å². The van der Waals surface area contributed by atoms with Crippen LogP contribution in [0.2, 0.25) is 0 Å².